The molecule has 2 heterocycles. The largest absolute Gasteiger partial charge is 0.495 e. The normalized spacial score (nSPS) is 14.9. The van der Waals surface area contributed by atoms with Crippen LogP contribution in [0, 0.1) is 11.7 Å². The first-order valence-corrected chi connectivity index (χ1v) is 11.9. The van der Waals surface area contributed by atoms with Gasteiger partial charge in [0.15, 0.2) is 5.82 Å². The van der Waals surface area contributed by atoms with E-state index in [1.54, 1.807) is 24.3 Å². The molecule has 0 saturated carbocycles. The van der Waals surface area contributed by atoms with Crippen LogP contribution in [0.1, 0.15) is 19.8 Å². The van der Waals surface area contributed by atoms with Crippen LogP contribution in [0.4, 0.5) is 15.9 Å². The maximum atomic E-state index is 13.6. The summed E-state index contributed by atoms with van der Waals surface area (Å²) in [5.41, 5.74) is 1.84. The Hall–Kier alpha value is -3.20. The minimum absolute atomic E-state index is 0.0639. The van der Waals surface area contributed by atoms with Gasteiger partial charge in [0.05, 0.1) is 12.8 Å². The third-order valence-electron chi connectivity index (χ3n) is 5.61. The molecule has 9 heteroatoms. The summed E-state index contributed by atoms with van der Waals surface area (Å²) in [4.78, 5) is 1.98. The summed E-state index contributed by atoms with van der Waals surface area (Å²) in [5.74, 6) is 1.02. The van der Waals surface area contributed by atoms with Crippen molar-refractivity contribution >= 4 is 21.5 Å². The van der Waals surface area contributed by atoms with Crippen molar-refractivity contribution in [2.75, 3.05) is 29.8 Å². The molecule has 1 aromatic heterocycles. The van der Waals surface area contributed by atoms with E-state index < -0.39 is 15.8 Å². The fourth-order valence-electron chi connectivity index (χ4n) is 3.67. The first-order valence-electron chi connectivity index (χ1n) is 10.4. The summed E-state index contributed by atoms with van der Waals surface area (Å²) in [7, 11) is -2.69. The Labute approximate surface area is 187 Å². The van der Waals surface area contributed by atoms with Crippen LogP contribution in [0.25, 0.3) is 11.3 Å². The number of sulfonamides is 1. The Balaban J connectivity index is 1.48. The number of ether oxygens (including phenoxy) is 1. The number of anilines is 2. The number of nitrogens with zero attached hydrogens (tertiary/aromatic N) is 3. The molecular weight excluding hydrogens is 431 g/mol. The van der Waals surface area contributed by atoms with Crippen LogP contribution >= 0.6 is 0 Å². The molecule has 3 aromatic rings. The van der Waals surface area contributed by atoms with Crippen molar-refractivity contribution in [3.63, 3.8) is 0 Å². The second kappa shape index (κ2) is 9.12. The van der Waals surface area contributed by atoms with Crippen molar-refractivity contribution < 1.29 is 17.5 Å². The van der Waals surface area contributed by atoms with E-state index >= 15 is 0 Å². The second-order valence-corrected chi connectivity index (χ2v) is 9.58. The number of hydrogen-bond acceptors (Lipinski definition) is 6. The molecule has 0 spiro atoms. The van der Waals surface area contributed by atoms with Gasteiger partial charge in [-0.1, -0.05) is 19.1 Å². The Morgan fingerprint density at radius 2 is 1.75 bits per heavy atom. The van der Waals surface area contributed by atoms with E-state index in [-0.39, 0.29) is 10.6 Å². The van der Waals surface area contributed by atoms with Crippen molar-refractivity contribution in [2.45, 2.75) is 24.7 Å². The molecule has 7 nitrogen and oxygen atoms in total. The van der Waals surface area contributed by atoms with Gasteiger partial charge in [0.2, 0.25) is 0 Å². The van der Waals surface area contributed by atoms with E-state index in [1.165, 1.54) is 13.2 Å². The van der Waals surface area contributed by atoms with Crippen LogP contribution in [0.2, 0.25) is 0 Å². The Morgan fingerprint density at radius 3 is 2.38 bits per heavy atom. The fourth-order valence-corrected chi connectivity index (χ4v) is 4.91. The zero-order chi connectivity index (χ0) is 22.7. The van der Waals surface area contributed by atoms with Crippen molar-refractivity contribution in [1.82, 2.24) is 10.2 Å². The van der Waals surface area contributed by atoms with E-state index in [9.17, 15) is 12.8 Å². The van der Waals surface area contributed by atoms with Crippen molar-refractivity contribution in [2.24, 2.45) is 5.92 Å². The highest BCUT2D eigenvalue weighted by Crippen LogP contribution is 2.28. The molecule has 1 saturated heterocycles. The summed E-state index contributed by atoms with van der Waals surface area (Å²) in [6.07, 6.45) is 2.31. The van der Waals surface area contributed by atoms with Gasteiger partial charge in [-0.15, -0.1) is 10.2 Å². The van der Waals surface area contributed by atoms with Crippen LogP contribution in [0.15, 0.2) is 59.5 Å². The maximum absolute atomic E-state index is 13.6. The molecule has 0 amide bonds. The second-order valence-electron chi connectivity index (χ2n) is 7.92. The number of methoxy groups -OCH3 is 1. The summed E-state index contributed by atoms with van der Waals surface area (Å²) < 4.78 is 46.5. The molecule has 1 N–H and O–H groups in total. The van der Waals surface area contributed by atoms with Gasteiger partial charge < -0.3 is 9.64 Å². The molecule has 0 aliphatic carbocycles. The molecule has 0 unspecified atom stereocenters. The van der Waals surface area contributed by atoms with Gasteiger partial charge in [-0.3, -0.25) is 4.72 Å². The predicted octanol–water partition coefficient (Wildman–Crippen LogP) is 4.33. The summed E-state index contributed by atoms with van der Waals surface area (Å²) in [5, 5.41) is 8.71. The topological polar surface area (TPSA) is 84.4 Å². The highest BCUT2D eigenvalue weighted by molar-refractivity contribution is 7.92. The third-order valence-corrected chi connectivity index (χ3v) is 7.01. The molecule has 2 aromatic carbocycles. The minimum Gasteiger partial charge on any atom is -0.495 e. The lowest BCUT2D eigenvalue weighted by molar-refractivity contribution is 0.401. The molecular formula is C23H25FN4O3S. The average molecular weight is 457 g/mol. The third kappa shape index (κ3) is 4.83. The Kier molecular flexibility index (Phi) is 6.27. The van der Waals surface area contributed by atoms with Gasteiger partial charge in [-0.25, -0.2) is 12.8 Å². The molecule has 32 heavy (non-hydrogen) atoms. The van der Waals surface area contributed by atoms with Crippen LogP contribution in [-0.2, 0) is 10.0 Å². The van der Waals surface area contributed by atoms with Crippen molar-refractivity contribution in [3.05, 3.63) is 60.4 Å². The smallest absolute Gasteiger partial charge is 0.265 e. The highest BCUT2D eigenvalue weighted by Gasteiger charge is 2.21. The zero-order valence-corrected chi connectivity index (χ0v) is 18.8. The maximum Gasteiger partial charge on any atom is 0.265 e. The van der Waals surface area contributed by atoms with Crippen molar-refractivity contribution in [1.29, 1.82) is 0 Å². The van der Waals surface area contributed by atoms with Crippen LogP contribution in [-0.4, -0.2) is 38.8 Å². The predicted molar refractivity (Wildman–Crippen MR) is 122 cm³/mol. The zero-order valence-electron chi connectivity index (χ0n) is 18.0. The summed E-state index contributed by atoms with van der Waals surface area (Å²) in [6.45, 7) is 4.24. The number of rotatable bonds is 6. The first-order chi connectivity index (χ1) is 15.4. The minimum atomic E-state index is -4.03. The van der Waals surface area contributed by atoms with E-state index in [0.29, 0.717) is 11.4 Å². The number of hydrogen-bond donors (Lipinski definition) is 1. The van der Waals surface area contributed by atoms with Gasteiger partial charge in [0.25, 0.3) is 10.0 Å². The van der Waals surface area contributed by atoms with Crippen LogP contribution in [0.5, 0.6) is 5.75 Å². The lowest BCUT2D eigenvalue weighted by Gasteiger charge is -2.30. The van der Waals surface area contributed by atoms with E-state index in [2.05, 4.69) is 26.7 Å². The lowest BCUT2D eigenvalue weighted by atomic mass is 9.99. The number of piperidine rings is 1. The van der Waals surface area contributed by atoms with E-state index in [1.807, 2.05) is 12.1 Å². The van der Waals surface area contributed by atoms with E-state index in [0.717, 1.165) is 55.4 Å². The monoisotopic (exact) mass is 456 g/mol. The molecule has 1 aliphatic heterocycles. The molecule has 0 radical (unpaired) electrons. The number of benzene rings is 2. The molecule has 1 fully saturated rings. The number of aromatic nitrogens is 2. The number of nitrogens with one attached hydrogen (secondary N) is 1. The SMILES string of the molecule is COc1ccc(F)cc1S(=O)(=O)Nc1ccc(-c2ccc(N3CCC(C)CC3)nn2)cc1. The summed E-state index contributed by atoms with van der Waals surface area (Å²) in [6, 6.07) is 14.0. The lowest BCUT2D eigenvalue weighted by Crippen LogP contribution is -2.33. The Bertz CT molecular complexity index is 1180. The fraction of sp³-hybridized carbons (Fsp3) is 0.304. The van der Waals surface area contributed by atoms with Crippen LogP contribution in [0.3, 0.4) is 0 Å². The van der Waals surface area contributed by atoms with Gasteiger partial charge >= 0.3 is 0 Å². The standard InChI is InChI=1S/C23H25FN4O3S/c1-16-11-13-28(14-12-16)23-10-8-20(25-26-23)17-3-6-19(7-4-17)27-32(29,30)22-15-18(24)5-9-21(22)31-2/h3-10,15-16,27H,11-14H2,1-2H3. The first kappa shape index (κ1) is 22.0. The Morgan fingerprint density at radius 1 is 1.03 bits per heavy atom. The highest BCUT2D eigenvalue weighted by atomic mass is 32.2. The van der Waals surface area contributed by atoms with Crippen molar-refractivity contribution in [3.8, 4) is 17.0 Å². The van der Waals surface area contributed by atoms with Gasteiger partial charge in [-0.2, -0.15) is 0 Å². The molecule has 4 rings (SSSR count). The molecule has 168 valence electrons. The van der Waals surface area contributed by atoms with Crippen LogP contribution < -0.4 is 14.4 Å². The molecule has 1 aliphatic rings. The summed E-state index contributed by atoms with van der Waals surface area (Å²) >= 11 is 0. The van der Waals surface area contributed by atoms with Gasteiger partial charge in [0.1, 0.15) is 16.5 Å². The quantitative estimate of drug-likeness (QED) is 0.594. The molecule has 0 atom stereocenters. The number of halogens is 1. The average Bonchev–Trinajstić information content (AvgIpc) is 2.80. The molecule has 0 bridgehead atoms. The van der Waals surface area contributed by atoms with Gasteiger partial charge in [0, 0.05) is 24.3 Å². The van der Waals surface area contributed by atoms with E-state index in [4.69, 9.17) is 4.74 Å². The van der Waals surface area contributed by atoms with Gasteiger partial charge in [-0.05, 0) is 61.2 Å².